The van der Waals surface area contributed by atoms with Gasteiger partial charge >= 0.3 is 0 Å². The average molecular weight is 444 g/mol. The first-order chi connectivity index (χ1) is 14.6. The molecule has 3 aromatic rings. The molecule has 0 unspecified atom stereocenters. The number of halogens is 1. The summed E-state index contributed by atoms with van der Waals surface area (Å²) in [7, 11) is 0. The number of piperidine rings is 1. The van der Waals surface area contributed by atoms with Crippen molar-refractivity contribution in [1.29, 1.82) is 0 Å². The first-order valence-electron chi connectivity index (χ1n) is 10.8. The summed E-state index contributed by atoms with van der Waals surface area (Å²) < 4.78 is 2.98. The maximum absolute atomic E-state index is 12.8. The Balaban J connectivity index is 1.37. The Labute approximate surface area is 185 Å². The number of hydrogen-bond acceptors (Lipinski definition) is 5. The van der Waals surface area contributed by atoms with E-state index < -0.39 is 0 Å². The summed E-state index contributed by atoms with van der Waals surface area (Å²) in [5.74, 6) is 0.261. The highest BCUT2D eigenvalue weighted by Gasteiger charge is 2.30. The van der Waals surface area contributed by atoms with Gasteiger partial charge in [0.25, 0.3) is 0 Å². The molecule has 30 heavy (non-hydrogen) atoms. The van der Waals surface area contributed by atoms with E-state index in [1.165, 1.54) is 12.8 Å². The van der Waals surface area contributed by atoms with Crippen LogP contribution in [-0.4, -0.2) is 39.8 Å². The molecule has 1 aliphatic carbocycles. The molecule has 1 N–H and O–H groups in total. The Morgan fingerprint density at radius 2 is 1.93 bits per heavy atom. The first kappa shape index (κ1) is 19.8. The van der Waals surface area contributed by atoms with Crippen LogP contribution in [0.1, 0.15) is 44.2 Å². The van der Waals surface area contributed by atoms with Gasteiger partial charge in [0.1, 0.15) is 0 Å². The van der Waals surface area contributed by atoms with E-state index in [2.05, 4.69) is 15.3 Å². The fourth-order valence-electron chi connectivity index (χ4n) is 4.57. The van der Waals surface area contributed by atoms with E-state index in [1.54, 1.807) is 11.3 Å². The van der Waals surface area contributed by atoms with Crippen molar-refractivity contribution in [3.05, 3.63) is 35.0 Å². The second-order valence-electron chi connectivity index (χ2n) is 8.40. The van der Waals surface area contributed by atoms with E-state index in [1.807, 2.05) is 35.9 Å². The molecule has 0 spiro atoms. The molecule has 2 aromatic heterocycles. The van der Waals surface area contributed by atoms with E-state index >= 15 is 0 Å². The van der Waals surface area contributed by atoms with Crippen molar-refractivity contribution < 1.29 is 4.79 Å². The summed E-state index contributed by atoms with van der Waals surface area (Å²) in [5, 5.41) is 9.63. The third kappa shape index (κ3) is 3.81. The van der Waals surface area contributed by atoms with Crippen LogP contribution in [0.3, 0.4) is 0 Å². The summed E-state index contributed by atoms with van der Waals surface area (Å²) >= 11 is 7.71. The van der Waals surface area contributed by atoms with Crippen LogP contribution in [0.4, 0.5) is 5.13 Å². The number of nitrogens with zero attached hydrogens (tertiary/aromatic N) is 4. The van der Waals surface area contributed by atoms with Gasteiger partial charge in [-0.1, -0.05) is 35.8 Å². The standard InChI is InChI=1S/C22H26ClN5OS/c1-14-19-20(28(26-14)18-10-8-16(23)9-11-18)25-22(30-19)27-12-4-5-15(13-27)21(29)24-17-6-2-3-7-17/h8-11,15,17H,2-7,12-13H2,1H3,(H,24,29)/t15-/m1/s1. The molecule has 1 saturated heterocycles. The number of nitrogens with one attached hydrogen (secondary N) is 1. The lowest BCUT2D eigenvalue weighted by Gasteiger charge is -2.32. The van der Waals surface area contributed by atoms with Crippen molar-refractivity contribution in [3.8, 4) is 5.69 Å². The van der Waals surface area contributed by atoms with Crippen molar-refractivity contribution in [1.82, 2.24) is 20.1 Å². The third-order valence-electron chi connectivity index (χ3n) is 6.21. The van der Waals surface area contributed by atoms with Gasteiger partial charge in [-0.05, 0) is 56.9 Å². The molecule has 1 aliphatic heterocycles. The molecule has 3 heterocycles. The number of aryl methyl sites for hydroxylation is 1. The van der Waals surface area contributed by atoms with E-state index in [9.17, 15) is 4.79 Å². The molecule has 5 rings (SSSR count). The third-order valence-corrected chi connectivity index (χ3v) is 7.68. The van der Waals surface area contributed by atoms with E-state index in [-0.39, 0.29) is 11.8 Å². The molecule has 1 amide bonds. The van der Waals surface area contributed by atoms with Crippen LogP contribution in [0, 0.1) is 12.8 Å². The van der Waals surface area contributed by atoms with Gasteiger partial charge in [0.2, 0.25) is 5.91 Å². The quantitative estimate of drug-likeness (QED) is 0.633. The lowest BCUT2D eigenvalue weighted by molar-refractivity contribution is -0.125. The molecule has 1 saturated carbocycles. The highest BCUT2D eigenvalue weighted by atomic mass is 35.5. The number of carbonyl (C=O) groups excluding carboxylic acids is 1. The van der Waals surface area contributed by atoms with Gasteiger partial charge in [0.15, 0.2) is 10.8 Å². The van der Waals surface area contributed by atoms with Gasteiger partial charge in [-0.2, -0.15) is 10.1 Å². The van der Waals surface area contributed by atoms with Crippen LogP contribution in [0.25, 0.3) is 16.0 Å². The SMILES string of the molecule is Cc1nn(-c2ccc(Cl)cc2)c2nc(N3CCC[C@@H](C(=O)NC4CCCC4)C3)sc12. The van der Waals surface area contributed by atoms with Crippen LogP contribution >= 0.6 is 22.9 Å². The van der Waals surface area contributed by atoms with Crippen molar-refractivity contribution >= 4 is 44.3 Å². The second kappa shape index (κ2) is 8.19. The molecule has 0 bridgehead atoms. The molecule has 1 atom stereocenters. The topological polar surface area (TPSA) is 63.1 Å². The second-order valence-corrected chi connectivity index (χ2v) is 9.81. The monoisotopic (exact) mass is 443 g/mol. The van der Waals surface area contributed by atoms with Crippen molar-refractivity contribution in [2.45, 2.75) is 51.5 Å². The fraction of sp³-hybridized carbons (Fsp3) is 0.500. The number of rotatable bonds is 4. The number of benzene rings is 1. The van der Waals surface area contributed by atoms with E-state index in [0.29, 0.717) is 11.1 Å². The van der Waals surface area contributed by atoms with Gasteiger partial charge < -0.3 is 10.2 Å². The summed E-state index contributed by atoms with van der Waals surface area (Å²) in [4.78, 5) is 20.0. The first-order valence-corrected chi connectivity index (χ1v) is 12.0. The molecule has 2 fully saturated rings. The number of amides is 1. The van der Waals surface area contributed by atoms with Crippen LogP contribution in [0.15, 0.2) is 24.3 Å². The zero-order valence-corrected chi connectivity index (χ0v) is 18.7. The normalized spacial score (nSPS) is 20.2. The maximum atomic E-state index is 12.8. The Morgan fingerprint density at radius 3 is 2.70 bits per heavy atom. The highest BCUT2D eigenvalue weighted by Crippen LogP contribution is 2.34. The van der Waals surface area contributed by atoms with Crippen molar-refractivity contribution in [2.24, 2.45) is 5.92 Å². The number of carbonyl (C=O) groups is 1. The molecule has 6 nitrogen and oxygen atoms in total. The lowest BCUT2D eigenvalue weighted by atomic mass is 9.97. The summed E-state index contributed by atoms with van der Waals surface area (Å²) in [6.07, 6.45) is 6.69. The largest absolute Gasteiger partial charge is 0.353 e. The minimum atomic E-state index is 0.0419. The summed E-state index contributed by atoms with van der Waals surface area (Å²) in [6, 6.07) is 8.02. The predicted octanol–water partition coefficient (Wildman–Crippen LogP) is 4.72. The molecule has 0 radical (unpaired) electrons. The molecular weight excluding hydrogens is 418 g/mol. The van der Waals surface area contributed by atoms with E-state index in [0.717, 1.165) is 65.6 Å². The number of fused-ring (bicyclic) bond motifs is 1. The van der Waals surface area contributed by atoms with Gasteiger partial charge in [0, 0.05) is 24.2 Å². The van der Waals surface area contributed by atoms with Crippen LogP contribution in [0.5, 0.6) is 0 Å². The Kier molecular flexibility index (Phi) is 5.41. The van der Waals surface area contributed by atoms with Gasteiger partial charge in [0.05, 0.1) is 22.0 Å². The van der Waals surface area contributed by atoms with Gasteiger partial charge in [-0.25, -0.2) is 4.68 Å². The number of aromatic nitrogens is 3. The average Bonchev–Trinajstić information content (AvgIpc) is 3.48. The maximum Gasteiger partial charge on any atom is 0.225 e. The smallest absolute Gasteiger partial charge is 0.225 e. The zero-order valence-electron chi connectivity index (χ0n) is 17.1. The summed E-state index contributed by atoms with van der Waals surface area (Å²) in [5.41, 5.74) is 2.78. The van der Waals surface area contributed by atoms with Gasteiger partial charge in [-0.3, -0.25) is 4.79 Å². The van der Waals surface area contributed by atoms with E-state index in [4.69, 9.17) is 16.6 Å². The minimum Gasteiger partial charge on any atom is -0.353 e. The molecule has 2 aliphatic rings. The Bertz CT molecular complexity index is 1050. The van der Waals surface area contributed by atoms with Crippen molar-refractivity contribution in [2.75, 3.05) is 18.0 Å². The summed E-state index contributed by atoms with van der Waals surface area (Å²) in [6.45, 7) is 3.70. The predicted molar refractivity (Wildman–Crippen MR) is 122 cm³/mol. The van der Waals surface area contributed by atoms with Gasteiger partial charge in [-0.15, -0.1) is 0 Å². The van der Waals surface area contributed by atoms with Crippen LogP contribution in [-0.2, 0) is 4.79 Å². The minimum absolute atomic E-state index is 0.0419. The highest BCUT2D eigenvalue weighted by molar-refractivity contribution is 7.22. The Hall–Kier alpha value is -2.12. The van der Waals surface area contributed by atoms with Crippen LogP contribution in [0.2, 0.25) is 5.02 Å². The lowest BCUT2D eigenvalue weighted by Crippen LogP contribution is -2.45. The number of thiazole rings is 1. The zero-order chi connectivity index (χ0) is 20.7. The Morgan fingerprint density at radius 1 is 1.17 bits per heavy atom. The molecule has 8 heteroatoms. The molecule has 158 valence electrons. The number of hydrogen-bond donors (Lipinski definition) is 1. The van der Waals surface area contributed by atoms with Crippen LogP contribution < -0.4 is 10.2 Å². The fourth-order valence-corrected chi connectivity index (χ4v) is 5.72. The van der Waals surface area contributed by atoms with Crippen molar-refractivity contribution in [3.63, 3.8) is 0 Å². The molecule has 1 aromatic carbocycles. The molecular formula is C22H26ClN5OS. The number of anilines is 1.